The number of amides is 1. The summed E-state index contributed by atoms with van der Waals surface area (Å²) in [5.74, 6) is 0.0698. The number of rotatable bonds is 6. The molecule has 7 heteroatoms. The maximum atomic E-state index is 12.9. The number of thiophene rings is 1. The SMILES string of the molecule is Cc1sc(NC(=O)c2ccco2)c([C@H](c2ccc(Cl)cc2)N2CCN(c3ccccc3)CC2)c1C. The molecule has 1 fully saturated rings. The number of carbonyl (C=O) groups is 1. The Hall–Kier alpha value is -3.06. The van der Waals surface area contributed by atoms with E-state index in [0.717, 1.165) is 42.3 Å². The van der Waals surface area contributed by atoms with Crippen LogP contribution in [0.4, 0.5) is 10.7 Å². The summed E-state index contributed by atoms with van der Waals surface area (Å²) in [6.45, 7) is 7.93. The predicted octanol–water partition coefficient (Wildman–Crippen LogP) is 6.78. The zero-order chi connectivity index (χ0) is 24.4. The van der Waals surface area contributed by atoms with Crippen LogP contribution in [0, 0.1) is 13.8 Å². The molecule has 2 aromatic carbocycles. The van der Waals surface area contributed by atoms with Crippen molar-refractivity contribution in [3.05, 3.63) is 105 Å². The molecule has 1 aliphatic rings. The minimum atomic E-state index is -0.235. The Balaban J connectivity index is 1.49. The molecule has 35 heavy (non-hydrogen) atoms. The topological polar surface area (TPSA) is 48.7 Å². The third-order valence-corrected chi connectivity index (χ3v) is 8.05. The molecule has 180 valence electrons. The van der Waals surface area contributed by atoms with E-state index in [0.29, 0.717) is 10.8 Å². The average molecular weight is 506 g/mol. The zero-order valence-corrected chi connectivity index (χ0v) is 21.4. The number of halogens is 1. The summed E-state index contributed by atoms with van der Waals surface area (Å²) < 4.78 is 5.33. The van der Waals surface area contributed by atoms with Crippen LogP contribution in [-0.4, -0.2) is 37.0 Å². The van der Waals surface area contributed by atoms with Gasteiger partial charge < -0.3 is 14.6 Å². The van der Waals surface area contributed by atoms with Crippen LogP contribution in [0.25, 0.3) is 0 Å². The van der Waals surface area contributed by atoms with Gasteiger partial charge in [-0.2, -0.15) is 0 Å². The fraction of sp³-hybridized carbons (Fsp3) is 0.250. The largest absolute Gasteiger partial charge is 0.459 e. The Kier molecular flexibility index (Phi) is 6.95. The van der Waals surface area contributed by atoms with Gasteiger partial charge in [0.2, 0.25) is 0 Å². The number of hydrogen-bond donors (Lipinski definition) is 1. The Bertz CT molecular complexity index is 1280. The highest BCUT2D eigenvalue weighted by molar-refractivity contribution is 7.16. The lowest BCUT2D eigenvalue weighted by Gasteiger charge is -2.41. The summed E-state index contributed by atoms with van der Waals surface area (Å²) in [5, 5.41) is 4.71. The molecule has 2 aromatic heterocycles. The lowest BCUT2D eigenvalue weighted by atomic mass is 9.94. The molecule has 1 N–H and O–H groups in total. The van der Waals surface area contributed by atoms with Crippen LogP contribution in [0.3, 0.4) is 0 Å². The highest BCUT2D eigenvalue weighted by Gasteiger charge is 2.32. The van der Waals surface area contributed by atoms with Crippen molar-refractivity contribution >= 4 is 39.5 Å². The van der Waals surface area contributed by atoms with Crippen molar-refractivity contribution in [2.24, 2.45) is 0 Å². The second-order valence-corrected chi connectivity index (χ2v) is 10.4. The summed E-state index contributed by atoms with van der Waals surface area (Å²) in [6.07, 6.45) is 1.52. The molecular weight excluding hydrogens is 478 g/mol. The van der Waals surface area contributed by atoms with Gasteiger partial charge in [-0.25, -0.2) is 0 Å². The van der Waals surface area contributed by atoms with Crippen molar-refractivity contribution in [1.82, 2.24) is 4.90 Å². The Morgan fingerprint density at radius 1 is 0.971 bits per heavy atom. The lowest BCUT2D eigenvalue weighted by Crippen LogP contribution is -2.48. The number of nitrogens with one attached hydrogen (secondary N) is 1. The zero-order valence-electron chi connectivity index (χ0n) is 19.8. The third kappa shape index (κ3) is 5.01. The first kappa shape index (κ1) is 23.7. The number of anilines is 2. The van der Waals surface area contributed by atoms with Gasteiger partial charge in [0.15, 0.2) is 5.76 Å². The Labute approximate surface area is 214 Å². The van der Waals surface area contributed by atoms with Gasteiger partial charge in [0.05, 0.1) is 12.3 Å². The van der Waals surface area contributed by atoms with Gasteiger partial charge in [-0.3, -0.25) is 9.69 Å². The first-order valence-corrected chi connectivity index (χ1v) is 12.9. The number of benzene rings is 2. The van der Waals surface area contributed by atoms with Gasteiger partial charge in [0.1, 0.15) is 5.00 Å². The summed E-state index contributed by atoms with van der Waals surface area (Å²) in [6, 6.07) is 22.1. The molecule has 1 atom stereocenters. The van der Waals surface area contributed by atoms with Gasteiger partial charge in [-0.15, -0.1) is 11.3 Å². The molecule has 0 radical (unpaired) electrons. The summed E-state index contributed by atoms with van der Waals surface area (Å²) in [4.78, 5) is 19.0. The quantitative estimate of drug-likeness (QED) is 0.314. The van der Waals surface area contributed by atoms with Crippen LogP contribution in [0.2, 0.25) is 5.02 Å². The van der Waals surface area contributed by atoms with Crippen LogP contribution in [-0.2, 0) is 0 Å². The number of piperazine rings is 1. The van der Waals surface area contributed by atoms with Crippen molar-refractivity contribution in [3.8, 4) is 0 Å². The molecule has 0 aliphatic carbocycles. The van der Waals surface area contributed by atoms with Gasteiger partial charge in [-0.05, 0) is 61.4 Å². The van der Waals surface area contributed by atoms with Crippen molar-refractivity contribution in [3.63, 3.8) is 0 Å². The van der Waals surface area contributed by atoms with E-state index in [9.17, 15) is 4.79 Å². The smallest absolute Gasteiger partial charge is 0.291 e. The lowest BCUT2D eigenvalue weighted by molar-refractivity contribution is 0.0996. The molecule has 5 rings (SSSR count). The van der Waals surface area contributed by atoms with E-state index >= 15 is 0 Å². The molecule has 0 bridgehead atoms. The maximum absolute atomic E-state index is 12.9. The minimum absolute atomic E-state index is 0.00189. The van der Waals surface area contributed by atoms with E-state index in [1.807, 2.05) is 12.1 Å². The highest BCUT2D eigenvalue weighted by atomic mass is 35.5. The van der Waals surface area contributed by atoms with E-state index in [-0.39, 0.29) is 11.9 Å². The van der Waals surface area contributed by atoms with Gasteiger partial charge >= 0.3 is 0 Å². The fourth-order valence-corrected chi connectivity index (χ4v) is 5.94. The molecule has 1 amide bonds. The number of nitrogens with zero attached hydrogens (tertiary/aromatic N) is 2. The average Bonchev–Trinajstić information content (AvgIpc) is 3.51. The molecule has 1 aliphatic heterocycles. The van der Waals surface area contributed by atoms with Gasteiger partial charge in [-0.1, -0.05) is 41.9 Å². The van der Waals surface area contributed by atoms with E-state index in [4.69, 9.17) is 16.0 Å². The van der Waals surface area contributed by atoms with Crippen LogP contribution in [0.5, 0.6) is 0 Å². The molecule has 1 saturated heterocycles. The van der Waals surface area contributed by atoms with Crippen molar-refractivity contribution in [2.75, 3.05) is 36.4 Å². The van der Waals surface area contributed by atoms with E-state index in [1.165, 1.54) is 22.4 Å². The van der Waals surface area contributed by atoms with Crippen molar-refractivity contribution in [2.45, 2.75) is 19.9 Å². The number of carbonyl (C=O) groups excluding carboxylic acids is 1. The number of para-hydroxylation sites is 1. The molecular formula is C28H28ClN3O2S. The predicted molar refractivity (Wildman–Crippen MR) is 144 cm³/mol. The summed E-state index contributed by atoms with van der Waals surface area (Å²) in [7, 11) is 0. The van der Waals surface area contributed by atoms with Gasteiger partial charge in [0, 0.05) is 47.3 Å². The second kappa shape index (κ2) is 10.3. The van der Waals surface area contributed by atoms with Gasteiger partial charge in [0.25, 0.3) is 5.91 Å². The van der Waals surface area contributed by atoms with Crippen LogP contribution < -0.4 is 10.2 Å². The molecule has 0 saturated carbocycles. The first-order valence-electron chi connectivity index (χ1n) is 11.8. The molecule has 0 spiro atoms. The van der Waals surface area contributed by atoms with E-state index in [1.54, 1.807) is 23.5 Å². The Morgan fingerprint density at radius 2 is 1.69 bits per heavy atom. The normalized spacial score (nSPS) is 15.2. The molecule has 3 heterocycles. The fourth-order valence-electron chi connectivity index (χ4n) is 4.72. The highest BCUT2D eigenvalue weighted by Crippen LogP contribution is 2.43. The number of furan rings is 1. The van der Waals surface area contributed by atoms with Crippen LogP contribution in [0.15, 0.2) is 77.4 Å². The van der Waals surface area contributed by atoms with E-state index < -0.39 is 0 Å². The van der Waals surface area contributed by atoms with E-state index in [2.05, 4.69) is 71.4 Å². The Morgan fingerprint density at radius 3 is 2.34 bits per heavy atom. The molecule has 4 aromatic rings. The van der Waals surface area contributed by atoms with Crippen LogP contribution >= 0.6 is 22.9 Å². The first-order chi connectivity index (χ1) is 17.0. The molecule has 5 nitrogen and oxygen atoms in total. The monoisotopic (exact) mass is 505 g/mol. The number of aryl methyl sites for hydroxylation is 1. The standard InChI is InChI=1S/C28H28ClN3O2S/c1-19-20(2)35-28(30-27(33)24-9-6-18-34-24)25(19)26(21-10-12-22(29)13-11-21)32-16-14-31(15-17-32)23-7-4-3-5-8-23/h3-13,18,26H,14-17H2,1-2H3,(H,30,33)/t26-/m0/s1. The molecule has 0 unspecified atom stereocenters. The van der Waals surface area contributed by atoms with Crippen molar-refractivity contribution < 1.29 is 9.21 Å². The maximum Gasteiger partial charge on any atom is 0.291 e. The van der Waals surface area contributed by atoms with Crippen molar-refractivity contribution in [1.29, 1.82) is 0 Å². The summed E-state index contributed by atoms with van der Waals surface area (Å²) >= 11 is 7.86. The second-order valence-electron chi connectivity index (χ2n) is 8.77. The minimum Gasteiger partial charge on any atom is -0.459 e. The van der Waals surface area contributed by atoms with Crippen LogP contribution in [0.1, 0.15) is 38.2 Å². The summed E-state index contributed by atoms with van der Waals surface area (Å²) in [5.41, 5.74) is 4.76. The third-order valence-electron chi connectivity index (χ3n) is 6.66. The number of hydrogen-bond acceptors (Lipinski definition) is 5.